The zero-order valence-corrected chi connectivity index (χ0v) is 13.9. The highest BCUT2D eigenvalue weighted by Crippen LogP contribution is 2.17. The van der Waals surface area contributed by atoms with Gasteiger partial charge in [0.15, 0.2) is 0 Å². The molecule has 1 heterocycles. The molecule has 4 heteroatoms. The molecular weight excluding hydrogens is 254 g/mol. The number of aryl methyl sites for hydroxylation is 2. The van der Waals surface area contributed by atoms with Crippen LogP contribution in [0.5, 0.6) is 0 Å². The Hall–Kier alpha value is -0.480. The normalized spacial score (nSPS) is 14.6. The molecule has 0 bridgehead atoms. The largest absolute Gasteiger partial charge is 0.313 e. The van der Waals surface area contributed by atoms with Gasteiger partial charge in [-0.2, -0.15) is 16.9 Å². The van der Waals surface area contributed by atoms with Gasteiger partial charge in [0, 0.05) is 35.7 Å². The Morgan fingerprint density at radius 3 is 2.68 bits per heavy atom. The van der Waals surface area contributed by atoms with Crippen LogP contribution in [-0.2, 0) is 13.0 Å². The average Bonchev–Trinajstić information content (AvgIpc) is 2.75. The molecule has 2 atom stereocenters. The minimum absolute atomic E-state index is 0.547. The molecule has 0 aliphatic rings. The van der Waals surface area contributed by atoms with Crippen LogP contribution >= 0.6 is 11.8 Å². The van der Waals surface area contributed by atoms with Crippen LogP contribution in [0.1, 0.15) is 45.5 Å². The number of likely N-dealkylation sites (N-methyl/N-ethyl adjacent to an activating group) is 1. The van der Waals surface area contributed by atoms with Crippen LogP contribution < -0.4 is 5.32 Å². The number of rotatable bonds is 9. The monoisotopic (exact) mass is 283 g/mol. The van der Waals surface area contributed by atoms with Gasteiger partial charge in [0.2, 0.25) is 0 Å². The van der Waals surface area contributed by atoms with Crippen molar-refractivity contribution in [3.8, 4) is 0 Å². The van der Waals surface area contributed by atoms with Crippen LogP contribution in [-0.4, -0.2) is 33.4 Å². The van der Waals surface area contributed by atoms with Gasteiger partial charge in [0.25, 0.3) is 0 Å². The summed E-state index contributed by atoms with van der Waals surface area (Å²) in [6.45, 7) is 13.0. The van der Waals surface area contributed by atoms with Crippen LogP contribution in [0.3, 0.4) is 0 Å². The summed E-state index contributed by atoms with van der Waals surface area (Å²) in [5.74, 6) is 1.18. The maximum absolute atomic E-state index is 4.54. The molecule has 1 aromatic rings. The fourth-order valence-corrected chi connectivity index (χ4v) is 3.20. The topological polar surface area (TPSA) is 29.9 Å². The summed E-state index contributed by atoms with van der Waals surface area (Å²) in [7, 11) is 0. The first kappa shape index (κ1) is 16.6. The van der Waals surface area contributed by atoms with Crippen molar-refractivity contribution in [2.24, 2.45) is 0 Å². The zero-order valence-electron chi connectivity index (χ0n) is 13.1. The third-order valence-electron chi connectivity index (χ3n) is 3.39. The Morgan fingerprint density at radius 2 is 2.11 bits per heavy atom. The van der Waals surface area contributed by atoms with Crippen LogP contribution in [0.2, 0.25) is 0 Å². The van der Waals surface area contributed by atoms with Crippen molar-refractivity contribution in [1.82, 2.24) is 15.1 Å². The molecule has 1 aromatic heterocycles. The maximum atomic E-state index is 4.54. The molecule has 0 saturated heterocycles. The van der Waals surface area contributed by atoms with E-state index in [0.717, 1.165) is 30.5 Å². The molecule has 2 unspecified atom stereocenters. The van der Waals surface area contributed by atoms with E-state index < -0.39 is 0 Å². The van der Waals surface area contributed by atoms with Crippen LogP contribution in [0, 0.1) is 6.92 Å². The van der Waals surface area contributed by atoms with E-state index in [4.69, 9.17) is 0 Å². The molecular formula is C15H29N3S. The van der Waals surface area contributed by atoms with Gasteiger partial charge in [-0.15, -0.1) is 0 Å². The molecule has 1 rings (SSSR count). The van der Waals surface area contributed by atoms with Crippen molar-refractivity contribution < 1.29 is 0 Å². The summed E-state index contributed by atoms with van der Waals surface area (Å²) in [6.07, 6.45) is 2.32. The van der Waals surface area contributed by atoms with Gasteiger partial charge in [-0.3, -0.25) is 4.68 Å². The number of hydrogen-bond donors (Lipinski definition) is 1. The lowest BCUT2D eigenvalue weighted by Crippen LogP contribution is -2.34. The van der Waals surface area contributed by atoms with E-state index in [9.17, 15) is 0 Å². The number of aromatic nitrogens is 2. The standard InChI is InChI=1S/C15H29N3S/c1-6-13(5)19-11-14(16-7-2)10-15-9-12(4)17-18(15)8-3/h9,13-14,16H,6-8,10-11H2,1-5H3. The Morgan fingerprint density at radius 1 is 1.37 bits per heavy atom. The molecule has 0 spiro atoms. The second-order valence-corrected chi connectivity index (χ2v) is 6.58. The number of nitrogens with zero attached hydrogens (tertiary/aromatic N) is 2. The average molecular weight is 283 g/mol. The lowest BCUT2D eigenvalue weighted by molar-refractivity contribution is 0.533. The van der Waals surface area contributed by atoms with E-state index >= 15 is 0 Å². The summed E-state index contributed by atoms with van der Waals surface area (Å²) in [4.78, 5) is 0. The molecule has 0 fully saturated rings. The van der Waals surface area contributed by atoms with Gasteiger partial charge in [-0.05, 0) is 32.9 Å². The Balaban J connectivity index is 2.61. The summed E-state index contributed by atoms with van der Waals surface area (Å²) in [5.41, 5.74) is 2.48. The smallest absolute Gasteiger partial charge is 0.0596 e. The van der Waals surface area contributed by atoms with Gasteiger partial charge in [0.05, 0.1) is 5.69 Å². The lowest BCUT2D eigenvalue weighted by atomic mass is 10.1. The second-order valence-electron chi connectivity index (χ2n) is 5.10. The second kappa shape index (κ2) is 8.64. The molecule has 3 nitrogen and oxygen atoms in total. The van der Waals surface area contributed by atoms with E-state index in [0.29, 0.717) is 6.04 Å². The highest BCUT2D eigenvalue weighted by atomic mass is 32.2. The summed E-state index contributed by atoms with van der Waals surface area (Å²) < 4.78 is 2.13. The minimum atomic E-state index is 0.547. The summed E-state index contributed by atoms with van der Waals surface area (Å²) >= 11 is 2.07. The number of nitrogens with one attached hydrogen (secondary N) is 1. The third-order valence-corrected chi connectivity index (χ3v) is 4.89. The predicted molar refractivity (Wildman–Crippen MR) is 86.0 cm³/mol. The van der Waals surface area contributed by atoms with E-state index in [1.165, 1.54) is 17.9 Å². The lowest BCUT2D eigenvalue weighted by Gasteiger charge is -2.19. The van der Waals surface area contributed by atoms with Gasteiger partial charge < -0.3 is 5.32 Å². The minimum Gasteiger partial charge on any atom is -0.313 e. The van der Waals surface area contributed by atoms with E-state index in [2.05, 4.69) is 67.5 Å². The molecule has 0 saturated carbocycles. The van der Waals surface area contributed by atoms with E-state index in [1.54, 1.807) is 0 Å². The molecule has 0 aromatic carbocycles. The first-order valence-electron chi connectivity index (χ1n) is 7.48. The number of hydrogen-bond acceptors (Lipinski definition) is 3. The van der Waals surface area contributed by atoms with Gasteiger partial charge in [-0.25, -0.2) is 0 Å². The van der Waals surface area contributed by atoms with Gasteiger partial charge in [-0.1, -0.05) is 20.8 Å². The first-order chi connectivity index (χ1) is 9.10. The van der Waals surface area contributed by atoms with Crippen molar-refractivity contribution in [2.75, 3.05) is 12.3 Å². The van der Waals surface area contributed by atoms with Crippen molar-refractivity contribution in [2.45, 2.75) is 65.3 Å². The van der Waals surface area contributed by atoms with Gasteiger partial charge >= 0.3 is 0 Å². The van der Waals surface area contributed by atoms with Gasteiger partial charge in [0.1, 0.15) is 0 Å². The van der Waals surface area contributed by atoms with E-state index in [1.807, 2.05) is 0 Å². The van der Waals surface area contributed by atoms with Crippen LogP contribution in [0.25, 0.3) is 0 Å². The van der Waals surface area contributed by atoms with Crippen LogP contribution in [0.15, 0.2) is 6.07 Å². The highest BCUT2D eigenvalue weighted by Gasteiger charge is 2.14. The molecule has 0 amide bonds. The Kier molecular flexibility index (Phi) is 7.54. The predicted octanol–water partition coefficient (Wildman–Crippen LogP) is 3.26. The van der Waals surface area contributed by atoms with Crippen molar-refractivity contribution in [3.63, 3.8) is 0 Å². The van der Waals surface area contributed by atoms with Crippen molar-refractivity contribution in [3.05, 3.63) is 17.5 Å². The van der Waals surface area contributed by atoms with Crippen molar-refractivity contribution >= 4 is 11.8 Å². The molecule has 19 heavy (non-hydrogen) atoms. The SMILES string of the molecule is CCNC(CSC(C)CC)Cc1cc(C)nn1CC. The molecule has 0 aliphatic heterocycles. The molecule has 1 N–H and O–H groups in total. The quantitative estimate of drug-likeness (QED) is 0.754. The van der Waals surface area contributed by atoms with E-state index in [-0.39, 0.29) is 0 Å². The highest BCUT2D eigenvalue weighted by molar-refractivity contribution is 7.99. The van der Waals surface area contributed by atoms with Crippen LogP contribution in [0.4, 0.5) is 0 Å². The molecule has 0 radical (unpaired) electrons. The summed E-state index contributed by atoms with van der Waals surface area (Å²) in [5, 5.41) is 8.89. The first-order valence-corrected chi connectivity index (χ1v) is 8.53. The summed E-state index contributed by atoms with van der Waals surface area (Å²) in [6, 6.07) is 2.77. The Bertz CT molecular complexity index is 362. The Labute approximate surface area is 122 Å². The maximum Gasteiger partial charge on any atom is 0.0596 e. The molecule has 110 valence electrons. The fraction of sp³-hybridized carbons (Fsp3) is 0.800. The third kappa shape index (κ3) is 5.57. The zero-order chi connectivity index (χ0) is 14.3. The molecule has 0 aliphatic carbocycles. The number of thioether (sulfide) groups is 1. The fourth-order valence-electron chi connectivity index (χ4n) is 2.17. The van der Waals surface area contributed by atoms with Crippen molar-refractivity contribution in [1.29, 1.82) is 0 Å².